The summed E-state index contributed by atoms with van der Waals surface area (Å²) in [5.74, 6) is -5.89. The van der Waals surface area contributed by atoms with Crippen molar-refractivity contribution in [2.45, 2.75) is 107 Å². The SMILES string of the molecule is C=C(C)C(=O)OC1O[C@H](C2COC3(CCCCC3C(=O)O)O2)[C@@H]2OC3(CCCCC3C(=O)OCC)O[C@H]12. The highest BCUT2D eigenvalue weighted by atomic mass is 16.8. The van der Waals surface area contributed by atoms with Crippen molar-refractivity contribution >= 4 is 17.9 Å². The van der Waals surface area contributed by atoms with Crippen LogP contribution in [0.2, 0.25) is 0 Å². The number of carboxylic acid groups (broad SMARTS) is 1. The number of fused-ring (bicyclic) bond motifs is 1. The smallest absolute Gasteiger partial charge is 0.335 e. The number of hydrogen-bond donors (Lipinski definition) is 1. The predicted molar refractivity (Wildman–Crippen MR) is 124 cm³/mol. The number of carbonyl (C=O) groups is 3. The first-order valence-corrected chi connectivity index (χ1v) is 13.3. The Labute approximate surface area is 215 Å². The minimum Gasteiger partial charge on any atom is -0.481 e. The van der Waals surface area contributed by atoms with Gasteiger partial charge in [0.25, 0.3) is 0 Å². The first kappa shape index (κ1) is 26.6. The summed E-state index contributed by atoms with van der Waals surface area (Å²) in [4.78, 5) is 37.2. The lowest BCUT2D eigenvalue weighted by atomic mass is 9.83. The molecule has 0 aromatic heterocycles. The van der Waals surface area contributed by atoms with Gasteiger partial charge in [-0.05, 0) is 39.5 Å². The van der Waals surface area contributed by atoms with E-state index in [4.69, 9.17) is 33.2 Å². The summed E-state index contributed by atoms with van der Waals surface area (Å²) < 4.78 is 42.4. The lowest BCUT2D eigenvalue weighted by molar-refractivity contribution is -0.282. The fourth-order valence-electron chi connectivity index (χ4n) is 6.38. The maximum absolute atomic E-state index is 12.9. The van der Waals surface area contributed by atoms with Crippen molar-refractivity contribution in [1.82, 2.24) is 0 Å². The molecule has 1 N–H and O–H groups in total. The normalized spacial score (nSPS) is 43.0. The number of esters is 2. The maximum Gasteiger partial charge on any atom is 0.335 e. The molecule has 6 unspecified atom stereocenters. The molecule has 5 aliphatic rings. The van der Waals surface area contributed by atoms with Crippen LogP contribution in [0, 0.1) is 11.8 Å². The van der Waals surface area contributed by atoms with Gasteiger partial charge in [0.05, 0.1) is 13.2 Å². The van der Waals surface area contributed by atoms with Crippen molar-refractivity contribution in [3.8, 4) is 0 Å². The second-order valence-electron chi connectivity index (χ2n) is 10.6. The summed E-state index contributed by atoms with van der Waals surface area (Å²) in [7, 11) is 0. The zero-order valence-electron chi connectivity index (χ0n) is 21.3. The Kier molecular flexibility index (Phi) is 7.36. The molecule has 206 valence electrons. The van der Waals surface area contributed by atoms with Gasteiger partial charge < -0.3 is 38.3 Å². The number of rotatable bonds is 6. The van der Waals surface area contributed by atoms with E-state index in [1.165, 1.54) is 6.92 Å². The van der Waals surface area contributed by atoms with Crippen LogP contribution in [0.15, 0.2) is 12.2 Å². The Bertz CT molecular complexity index is 935. The largest absolute Gasteiger partial charge is 0.481 e. The fourth-order valence-corrected chi connectivity index (χ4v) is 6.38. The molecule has 5 fully saturated rings. The second-order valence-corrected chi connectivity index (χ2v) is 10.6. The van der Waals surface area contributed by atoms with Gasteiger partial charge in [0.15, 0.2) is 17.7 Å². The Morgan fingerprint density at radius 1 is 0.946 bits per heavy atom. The maximum atomic E-state index is 12.9. The van der Waals surface area contributed by atoms with E-state index in [0.29, 0.717) is 25.7 Å². The van der Waals surface area contributed by atoms with Gasteiger partial charge in [0.1, 0.15) is 30.1 Å². The third kappa shape index (κ3) is 4.69. The van der Waals surface area contributed by atoms with E-state index in [2.05, 4.69) is 6.58 Å². The zero-order chi connectivity index (χ0) is 26.4. The average molecular weight is 525 g/mol. The van der Waals surface area contributed by atoms with Gasteiger partial charge >= 0.3 is 17.9 Å². The standard InChI is InChI=1S/C26H36O11/c1-4-31-23(30)16-10-6-8-12-26(16)36-19-18(33-24(20(19)37-26)34-22(29)14(2)3)17-13-32-25(35-17)11-7-5-9-15(25)21(27)28/h15-20,24H,2,4-13H2,1,3H3,(H,27,28)/t15?,16?,17?,18-,19+,20+,24?,25?,26?/m1/s1. The summed E-state index contributed by atoms with van der Waals surface area (Å²) in [6.45, 7) is 7.25. The van der Waals surface area contributed by atoms with Gasteiger partial charge in [-0.1, -0.05) is 19.4 Å². The van der Waals surface area contributed by atoms with Crippen molar-refractivity contribution in [2.24, 2.45) is 11.8 Å². The summed E-state index contributed by atoms with van der Waals surface area (Å²) >= 11 is 0. The van der Waals surface area contributed by atoms with Crippen LogP contribution in [0.3, 0.4) is 0 Å². The molecule has 2 spiro atoms. The first-order valence-electron chi connectivity index (χ1n) is 13.3. The van der Waals surface area contributed by atoms with Crippen molar-refractivity contribution in [1.29, 1.82) is 0 Å². The molecule has 11 nitrogen and oxygen atoms in total. The first-order chi connectivity index (χ1) is 17.7. The zero-order valence-corrected chi connectivity index (χ0v) is 21.3. The van der Waals surface area contributed by atoms with E-state index >= 15 is 0 Å². The minimum atomic E-state index is -1.24. The Morgan fingerprint density at radius 3 is 2.30 bits per heavy atom. The van der Waals surface area contributed by atoms with E-state index in [-0.39, 0.29) is 24.8 Å². The molecule has 9 atom stereocenters. The van der Waals surface area contributed by atoms with Crippen molar-refractivity contribution < 1.29 is 52.6 Å². The van der Waals surface area contributed by atoms with E-state index in [9.17, 15) is 19.5 Å². The number of hydrogen-bond acceptors (Lipinski definition) is 10. The summed E-state index contributed by atoms with van der Waals surface area (Å²) in [5.41, 5.74) is 0.199. The summed E-state index contributed by atoms with van der Waals surface area (Å²) in [5, 5.41) is 9.80. The Morgan fingerprint density at radius 2 is 1.62 bits per heavy atom. The lowest BCUT2D eigenvalue weighted by Crippen LogP contribution is -2.50. The van der Waals surface area contributed by atoms with E-state index in [0.717, 1.165) is 25.7 Å². The van der Waals surface area contributed by atoms with E-state index < -0.39 is 66.1 Å². The van der Waals surface area contributed by atoms with Crippen LogP contribution in [0.25, 0.3) is 0 Å². The fraction of sp³-hybridized carbons (Fsp3) is 0.808. The molecule has 2 aliphatic carbocycles. The topological polar surface area (TPSA) is 136 Å². The number of carboxylic acids is 1. The van der Waals surface area contributed by atoms with Gasteiger partial charge in [-0.15, -0.1) is 0 Å². The third-order valence-corrected chi connectivity index (χ3v) is 8.13. The number of carbonyl (C=O) groups excluding carboxylic acids is 2. The molecule has 3 saturated heterocycles. The van der Waals surface area contributed by atoms with Crippen molar-refractivity contribution in [2.75, 3.05) is 13.2 Å². The monoisotopic (exact) mass is 524 g/mol. The van der Waals surface area contributed by atoms with E-state index in [1.807, 2.05) is 0 Å². The van der Waals surface area contributed by atoms with Gasteiger partial charge in [0.2, 0.25) is 6.29 Å². The van der Waals surface area contributed by atoms with Crippen LogP contribution in [0.1, 0.15) is 65.2 Å². The highest BCUT2D eigenvalue weighted by Gasteiger charge is 2.66. The molecule has 0 aromatic rings. The van der Waals surface area contributed by atoms with Crippen LogP contribution in [0.4, 0.5) is 0 Å². The van der Waals surface area contributed by atoms with Crippen LogP contribution >= 0.6 is 0 Å². The predicted octanol–water partition coefficient (Wildman–Crippen LogP) is 2.45. The number of aliphatic carboxylic acids is 1. The van der Waals surface area contributed by atoms with Gasteiger partial charge in [-0.2, -0.15) is 0 Å². The second kappa shape index (κ2) is 10.3. The molecule has 3 heterocycles. The summed E-state index contributed by atoms with van der Waals surface area (Å²) in [6, 6.07) is 0. The van der Waals surface area contributed by atoms with Crippen LogP contribution in [-0.4, -0.2) is 78.5 Å². The van der Waals surface area contributed by atoms with Crippen molar-refractivity contribution in [3.05, 3.63) is 12.2 Å². The molecule has 37 heavy (non-hydrogen) atoms. The molecule has 11 heteroatoms. The third-order valence-electron chi connectivity index (χ3n) is 8.13. The molecule has 3 aliphatic heterocycles. The molecule has 0 bridgehead atoms. The molecule has 0 radical (unpaired) electrons. The molecule has 0 amide bonds. The lowest BCUT2D eigenvalue weighted by Gasteiger charge is -2.40. The van der Waals surface area contributed by atoms with Gasteiger partial charge in [-0.3, -0.25) is 9.59 Å². The molecular formula is C26H36O11. The molecule has 5 rings (SSSR count). The summed E-state index contributed by atoms with van der Waals surface area (Å²) in [6.07, 6.45) is 1.04. The van der Waals surface area contributed by atoms with E-state index in [1.54, 1.807) is 6.92 Å². The highest BCUT2D eigenvalue weighted by molar-refractivity contribution is 5.87. The molecule has 2 saturated carbocycles. The highest BCUT2D eigenvalue weighted by Crippen LogP contribution is 2.51. The Hall–Kier alpha value is -2.05. The Balaban J connectivity index is 1.41. The van der Waals surface area contributed by atoms with Crippen LogP contribution < -0.4 is 0 Å². The average Bonchev–Trinajstić information content (AvgIpc) is 3.53. The van der Waals surface area contributed by atoms with Gasteiger partial charge in [0, 0.05) is 18.4 Å². The quantitative estimate of drug-likeness (QED) is 0.405. The molecule has 0 aromatic carbocycles. The van der Waals surface area contributed by atoms with Crippen LogP contribution in [0.5, 0.6) is 0 Å². The van der Waals surface area contributed by atoms with Crippen LogP contribution in [-0.2, 0) is 47.5 Å². The minimum absolute atomic E-state index is 0.0937. The van der Waals surface area contributed by atoms with Crippen molar-refractivity contribution in [3.63, 3.8) is 0 Å². The molecular weight excluding hydrogens is 488 g/mol. The van der Waals surface area contributed by atoms with Gasteiger partial charge in [-0.25, -0.2) is 4.79 Å². The number of ether oxygens (including phenoxy) is 7.